The highest BCUT2D eigenvalue weighted by molar-refractivity contribution is 5.85. The Morgan fingerprint density at radius 2 is 1.85 bits per heavy atom. The molecule has 0 spiro atoms. The minimum absolute atomic E-state index is 0.0212. The summed E-state index contributed by atoms with van der Waals surface area (Å²) in [5.74, 6) is 0.0134. The predicted molar refractivity (Wildman–Crippen MR) is 95.3 cm³/mol. The summed E-state index contributed by atoms with van der Waals surface area (Å²) in [5, 5.41) is 11.2. The second-order valence-electron chi connectivity index (χ2n) is 7.24. The molecule has 6 nitrogen and oxygen atoms in total. The largest absolute Gasteiger partial charge is 0.497 e. The Balaban J connectivity index is 1.70. The molecule has 3 atom stereocenters. The van der Waals surface area contributed by atoms with Crippen molar-refractivity contribution in [3.63, 3.8) is 0 Å². The van der Waals surface area contributed by atoms with Crippen LogP contribution in [0.25, 0.3) is 0 Å². The van der Waals surface area contributed by atoms with E-state index in [2.05, 4.69) is 0 Å². The summed E-state index contributed by atoms with van der Waals surface area (Å²) in [6, 6.07) is 11.2. The predicted octanol–water partition coefficient (Wildman–Crippen LogP) is 3.01. The number of hydrogen-bond acceptors (Lipinski definition) is 6. The lowest BCUT2D eigenvalue weighted by atomic mass is 9.67. The Bertz CT molecular complexity index is 906. The van der Waals surface area contributed by atoms with Crippen LogP contribution in [0.3, 0.4) is 0 Å². The van der Waals surface area contributed by atoms with Gasteiger partial charge in [-0.2, -0.15) is 0 Å². The van der Waals surface area contributed by atoms with E-state index < -0.39 is 11.7 Å². The topological polar surface area (TPSA) is 74.2 Å². The third-order valence-electron chi connectivity index (χ3n) is 5.73. The van der Waals surface area contributed by atoms with Gasteiger partial charge in [-0.1, -0.05) is 12.1 Å². The van der Waals surface area contributed by atoms with Gasteiger partial charge >= 0.3 is 0 Å². The third kappa shape index (κ3) is 2.47. The van der Waals surface area contributed by atoms with Crippen LogP contribution in [-0.2, 0) is 4.79 Å². The number of ketones is 1. The van der Waals surface area contributed by atoms with E-state index in [0.717, 1.165) is 16.9 Å². The van der Waals surface area contributed by atoms with E-state index in [0.29, 0.717) is 36.5 Å². The van der Waals surface area contributed by atoms with Crippen molar-refractivity contribution in [3.8, 4) is 23.0 Å². The molecule has 0 bridgehead atoms. The molecular formula is C21H20O6. The molecule has 140 valence electrons. The van der Waals surface area contributed by atoms with Gasteiger partial charge in [-0.25, -0.2) is 0 Å². The molecule has 1 saturated carbocycles. The van der Waals surface area contributed by atoms with Crippen LogP contribution in [0, 0.1) is 5.92 Å². The van der Waals surface area contributed by atoms with Crippen LogP contribution in [0.4, 0.5) is 0 Å². The average Bonchev–Trinajstić information content (AvgIpc) is 3.12. The standard InChI is InChI=1S/C21H20O6/c1-24-13-6-4-12(5-7-13)19-14-9-17-18(26-11-25-17)10-16(14)27-21(23)8-2-3-15(22)20(19)21/h4-7,9-10,19-20,23H,2-3,8,11H2,1H3/t19-,20+,21?/m1/s1. The summed E-state index contributed by atoms with van der Waals surface area (Å²) >= 11 is 0. The first kappa shape index (κ1) is 16.4. The molecule has 2 aromatic carbocycles. The molecule has 1 N–H and O–H groups in total. The highest BCUT2D eigenvalue weighted by atomic mass is 16.7. The summed E-state index contributed by atoms with van der Waals surface area (Å²) in [4.78, 5) is 12.9. The highest BCUT2D eigenvalue weighted by Gasteiger charge is 2.55. The third-order valence-corrected chi connectivity index (χ3v) is 5.73. The monoisotopic (exact) mass is 368 g/mol. The van der Waals surface area contributed by atoms with Gasteiger partial charge < -0.3 is 24.1 Å². The molecule has 0 amide bonds. The second kappa shape index (κ2) is 5.89. The maximum Gasteiger partial charge on any atom is 0.231 e. The second-order valence-corrected chi connectivity index (χ2v) is 7.24. The van der Waals surface area contributed by atoms with Crippen molar-refractivity contribution < 1.29 is 28.8 Å². The first-order valence-electron chi connectivity index (χ1n) is 9.11. The fraction of sp³-hybridized carbons (Fsp3) is 0.381. The molecule has 2 heterocycles. The number of carbonyl (C=O) groups excluding carboxylic acids is 1. The van der Waals surface area contributed by atoms with Crippen molar-refractivity contribution in [1.82, 2.24) is 0 Å². The molecule has 3 aliphatic rings. The van der Waals surface area contributed by atoms with Crippen molar-refractivity contribution in [3.05, 3.63) is 47.5 Å². The van der Waals surface area contributed by atoms with Gasteiger partial charge in [-0.05, 0) is 30.2 Å². The zero-order chi connectivity index (χ0) is 18.6. The van der Waals surface area contributed by atoms with E-state index in [4.69, 9.17) is 18.9 Å². The Morgan fingerprint density at radius 1 is 1.11 bits per heavy atom. The van der Waals surface area contributed by atoms with Gasteiger partial charge in [-0.15, -0.1) is 0 Å². The number of rotatable bonds is 2. The van der Waals surface area contributed by atoms with Gasteiger partial charge in [0.2, 0.25) is 12.6 Å². The summed E-state index contributed by atoms with van der Waals surface area (Å²) in [6.07, 6.45) is 1.48. The Kier molecular flexibility index (Phi) is 3.59. The molecule has 6 heteroatoms. The summed E-state index contributed by atoms with van der Waals surface area (Å²) in [5.41, 5.74) is 1.76. The minimum Gasteiger partial charge on any atom is -0.497 e. The van der Waals surface area contributed by atoms with Gasteiger partial charge in [0, 0.05) is 30.4 Å². The molecular weight excluding hydrogens is 348 g/mol. The van der Waals surface area contributed by atoms with Crippen molar-refractivity contribution in [2.75, 3.05) is 13.9 Å². The molecule has 2 aromatic rings. The number of carbonyl (C=O) groups is 1. The number of fused-ring (bicyclic) bond motifs is 3. The normalized spacial score (nSPS) is 28.1. The Labute approximate surface area is 156 Å². The van der Waals surface area contributed by atoms with Crippen LogP contribution in [0.2, 0.25) is 0 Å². The van der Waals surface area contributed by atoms with Gasteiger partial charge in [0.05, 0.1) is 13.0 Å². The van der Waals surface area contributed by atoms with Gasteiger partial charge in [0.25, 0.3) is 0 Å². The fourth-order valence-corrected chi connectivity index (χ4v) is 4.46. The molecule has 1 aliphatic carbocycles. The fourth-order valence-electron chi connectivity index (χ4n) is 4.46. The Morgan fingerprint density at radius 3 is 2.59 bits per heavy atom. The average molecular weight is 368 g/mol. The number of hydrogen-bond donors (Lipinski definition) is 1. The van der Waals surface area contributed by atoms with Crippen LogP contribution in [0.5, 0.6) is 23.0 Å². The van der Waals surface area contributed by atoms with Crippen LogP contribution in [-0.4, -0.2) is 30.6 Å². The number of benzene rings is 2. The van der Waals surface area contributed by atoms with Crippen LogP contribution in [0.1, 0.15) is 36.3 Å². The van der Waals surface area contributed by atoms with E-state index in [9.17, 15) is 9.90 Å². The zero-order valence-corrected chi connectivity index (χ0v) is 14.9. The van der Waals surface area contributed by atoms with E-state index in [1.165, 1.54) is 0 Å². The highest BCUT2D eigenvalue weighted by Crippen LogP contribution is 2.54. The quantitative estimate of drug-likeness (QED) is 0.878. The maximum atomic E-state index is 12.9. The molecule has 2 aliphatic heterocycles. The van der Waals surface area contributed by atoms with Crippen molar-refractivity contribution >= 4 is 5.78 Å². The van der Waals surface area contributed by atoms with E-state index in [1.807, 2.05) is 30.3 Å². The molecule has 0 saturated heterocycles. The number of aliphatic hydroxyl groups is 1. The first-order valence-corrected chi connectivity index (χ1v) is 9.11. The summed E-state index contributed by atoms with van der Waals surface area (Å²) in [6.45, 7) is 0.151. The summed E-state index contributed by atoms with van der Waals surface area (Å²) in [7, 11) is 1.61. The number of ether oxygens (including phenoxy) is 4. The maximum absolute atomic E-state index is 12.9. The van der Waals surface area contributed by atoms with Gasteiger partial charge in [0.1, 0.15) is 17.3 Å². The van der Waals surface area contributed by atoms with E-state index in [-0.39, 0.29) is 18.5 Å². The first-order chi connectivity index (χ1) is 13.1. The lowest BCUT2D eigenvalue weighted by Crippen LogP contribution is -2.55. The SMILES string of the molecule is COc1ccc([C@@H]2c3cc4c(cc3OC3(O)CCCC(=O)[C@@H]23)OCO4)cc1. The molecule has 0 radical (unpaired) electrons. The Hall–Kier alpha value is -2.73. The van der Waals surface area contributed by atoms with Crippen LogP contribution < -0.4 is 18.9 Å². The van der Waals surface area contributed by atoms with E-state index >= 15 is 0 Å². The minimum atomic E-state index is -1.51. The lowest BCUT2D eigenvalue weighted by Gasteiger charge is -2.47. The number of Topliss-reactive ketones (excluding diaryl/α,β-unsaturated/α-hetero) is 1. The van der Waals surface area contributed by atoms with E-state index in [1.54, 1.807) is 13.2 Å². The van der Waals surface area contributed by atoms with Gasteiger partial charge in [0.15, 0.2) is 11.5 Å². The molecule has 5 rings (SSSR count). The summed E-state index contributed by atoms with van der Waals surface area (Å²) < 4.78 is 22.2. The molecule has 1 unspecified atom stereocenters. The molecule has 1 fully saturated rings. The van der Waals surface area contributed by atoms with Gasteiger partial charge in [-0.3, -0.25) is 4.79 Å². The van der Waals surface area contributed by atoms with Crippen molar-refractivity contribution in [1.29, 1.82) is 0 Å². The van der Waals surface area contributed by atoms with Crippen LogP contribution >= 0.6 is 0 Å². The van der Waals surface area contributed by atoms with Crippen LogP contribution in [0.15, 0.2) is 36.4 Å². The zero-order valence-electron chi connectivity index (χ0n) is 14.9. The van der Waals surface area contributed by atoms with Crippen molar-refractivity contribution in [2.24, 2.45) is 5.92 Å². The lowest BCUT2D eigenvalue weighted by molar-refractivity contribution is -0.206. The van der Waals surface area contributed by atoms with Crippen molar-refractivity contribution in [2.45, 2.75) is 31.0 Å². The smallest absolute Gasteiger partial charge is 0.231 e. The molecule has 0 aromatic heterocycles. The molecule has 27 heavy (non-hydrogen) atoms. The number of methoxy groups -OCH3 is 1.